The van der Waals surface area contributed by atoms with Gasteiger partial charge in [-0.15, -0.1) is 0 Å². The van der Waals surface area contributed by atoms with Gasteiger partial charge in [-0.1, -0.05) is 65.0 Å². The molecule has 0 heterocycles. The maximum atomic E-state index is 5.93. The van der Waals surface area contributed by atoms with Gasteiger partial charge >= 0.3 is 8.60 Å². The largest absolute Gasteiger partial charge is 0.463 e. The number of benzene rings is 3. The Morgan fingerprint density at radius 2 is 1.11 bits per heavy atom. The summed E-state index contributed by atoms with van der Waals surface area (Å²) in [5.74, 6) is 2.21. The molecule has 1 atom stereocenters. The van der Waals surface area contributed by atoms with Crippen LogP contribution in [0, 0.1) is 0 Å². The zero-order valence-electron chi connectivity index (χ0n) is 21.2. The number of nitrogens with zero attached hydrogens (tertiary/aromatic N) is 4. The maximum absolute atomic E-state index is 5.93. The number of hydrogen-bond donors (Lipinski definition) is 0. The van der Waals surface area contributed by atoms with E-state index in [9.17, 15) is 0 Å². The van der Waals surface area contributed by atoms with Gasteiger partial charge in [-0.05, 0) is 49.2 Å². The van der Waals surface area contributed by atoms with Crippen LogP contribution < -0.4 is 13.6 Å². The molecule has 0 bridgehead atoms. The fraction of sp³-hybridized carbons (Fsp3) is 0.308. The lowest BCUT2D eigenvalue weighted by Gasteiger charge is -2.18. The van der Waals surface area contributed by atoms with E-state index in [-0.39, 0.29) is 9.03 Å². The van der Waals surface area contributed by atoms with Gasteiger partial charge in [0.2, 0.25) is 9.03 Å². The molecule has 0 N–H and O–H groups in total. The van der Waals surface area contributed by atoms with Gasteiger partial charge in [0.05, 0.1) is 13.2 Å². The van der Waals surface area contributed by atoms with Crippen LogP contribution in [0.1, 0.15) is 12.8 Å². The molecule has 3 aromatic rings. The van der Waals surface area contributed by atoms with Crippen LogP contribution in [0.25, 0.3) is 0 Å². The lowest BCUT2D eigenvalue weighted by atomic mass is 10.3. The van der Waals surface area contributed by atoms with Crippen LogP contribution in [0.2, 0.25) is 0 Å². The maximum Gasteiger partial charge on any atom is 0.463 e. The van der Waals surface area contributed by atoms with E-state index in [4.69, 9.17) is 22.6 Å². The van der Waals surface area contributed by atoms with Crippen molar-refractivity contribution in [2.24, 2.45) is 10.4 Å². The van der Waals surface area contributed by atoms with E-state index in [1.54, 1.807) is 10.0 Å². The highest BCUT2D eigenvalue weighted by atomic mass is 31.2. The van der Waals surface area contributed by atoms with Gasteiger partial charge in [-0.3, -0.25) is 14.5 Å². The first kappa shape index (κ1) is 28.6. The molecule has 198 valence electrons. The van der Waals surface area contributed by atoms with Crippen molar-refractivity contribution in [3.63, 3.8) is 0 Å². The summed E-state index contributed by atoms with van der Waals surface area (Å²) >= 11 is 0. The molecule has 11 heteroatoms. The van der Waals surface area contributed by atoms with Crippen LogP contribution in [-0.2, 0) is 9.05 Å². The van der Waals surface area contributed by atoms with Crippen molar-refractivity contribution in [1.82, 2.24) is 10.0 Å². The number of para-hydroxylation sites is 3. The Morgan fingerprint density at radius 3 is 1.62 bits per heavy atom. The van der Waals surface area contributed by atoms with E-state index < -0.39 is 8.60 Å². The average molecular weight is 545 g/mol. The van der Waals surface area contributed by atoms with Crippen LogP contribution in [0.4, 0.5) is 0 Å². The monoisotopic (exact) mass is 544 g/mol. The summed E-state index contributed by atoms with van der Waals surface area (Å²) in [4.78, 5) is 0. The first-order chi connectivity index (χ1) is 18.2. The number of hydrogen-bond acceptors (Lipinski definition) is 7. The SMILES string of the molecule is CN(CCCOPOc1ccccc1)/N=N/N(C)CCCOP(Oc1ccccc1)Oc1ccccc1. The quantitative estimate of drug-likeness (QED) is 0.0745. The third-order valence-corrected chi connectivity index (χ3v) is 6.46. The summed E-state index contributed by atoms with van der Waals surface area (Å²) in [5, 5.41) is 12.0. The lowest BCUT2D eigenvalue weighted by molar-refractivity contribution is 0.211. The highest BCUT2D eigenvalue weighted by Crippen LogP contribution is 2.41. The Bertz CT molecular complexity index is 964. The summed E-state index contributed by atoms with van der Waals surface area (Å²) in [6.07, 6.45) is 1.56. The van der Waals surface area contributed by atoms with Gasteiger partial charge in [-0.2, -0.15) is 0 Å². The minimum atomic E-state index is -1.59. The van der Waals surface area contributed by atoms with E-state index in [0.717, 1.165) is 25.1 Å². The van der Waals surface area contributed by atoms with E-state index in [0.29, 0.717) is 31.3 Å². The highest BCUT2D eigenvalue weighted by Gasteiger charge is 2.17. The van der Waals surface area contributed by atoms with Crippen molar-refractivity contribution >= 4 is 17.6 Å². The molecule has 0 fully saturated rings. The second-order valence-electron chi connectivity index (χ2n) is 7.86. The Kier molecular flexibility index (Phi) is 13.5. The van der Waals surface area contributed by atoms with E-state index in [1.807, 2.05) is 105 Å². The second kappa shape index (κ2) is 17.5. The fourth-order valence-corrected chi connectivity index (χ4v) is 4.37. The Hall–Kier alpha value is -2.96. The van der Waals surface area contributed by atoms with Crippen LogP contribution in [0.15, 0.2) is 101 Å². The summed E-state index contributed by atoms with van der Waals surface area (Å²) < 4.78 is 28.9. The third kappa shape index (κ3) is 12.7. The average Bonchev–Trinajstić information content (AvgIpc) is 2.93. The summed E-state index contributed by atoms with van der Waals surface area (Å²) in [5.41, 5.74) is 0. The van der Waals surface area contributed by atoms with Crippen molar-refractivity contribution in [1.29, 1.82) is 0 Å². The highest BCUT2D eigenvalue weighted by molar-refractivity contribution is 7.42. The molecule has 0 aliphatic heterocycles. The van der Waals surface area contributed by atoms with Gasteiger partial charge in [-0.25, -0.2) is 0 Å². The molecule has 0 amide bonds. The molecular formula is C26H34N4O5P2. The smallest absolute Gasteiger partial charge is 0.450 e. The van der Waals surface area contributed by atoms with E-state index >= 15 is 0 Å². The van der Waals surface area contributed by atoms with Crippen LogP contribution in [0.3, 0.4) is 0 Å². The van der Waals surface area contributed by atoms with Crippen molar-refractivity contribution in [2.45, 2.75) is 12.8 Å². The molecule has 0 aliphatic carbocycles. The second-order valence-corrected chi connectivity index (χ2v) is 9.59. The van der Waals surface area contributed by atoms with Crippen molar-refractivity contribution < 1.29 is 22.6 Å². The standard InChI is InChI=1S/C26H34N4O5P2/c1-29(20-12-22-31-36-33-24-14-6-3-7-15-24)27-28-30(2)21-13-23-32-37(34-25-16-8-4-9-17-25)35-26-18-10-5-11-19-26/h3-11,14-19,36H,12-13,20-23H2,1-2H3/b28-27+. The molecule has 9 nitrogen and oxygen atoms in total. The molecular weight excluding hydrogens is 510 g/mol. The summed E-state index contributed by atoms with van der Waals surface area (Å²) in [7, 11) is 2.16. The molecule has 0 aromatic heterocycles. The predicted molar refractivity (Wildman–Crippen MR) is 148 cm³/mol. The zero-order chi connectivity index (χ0) is 26.0. The van der Waals surface area contributed by atoms with Crippen LogP contribution in [-0.4, -0.2) is 50.4 Å². The molecule has 1 unspecified atom stereocenters. The van der Waals surface area contributed by atoms with E-state index in [2.05, 4.69) is 10.4 Å². The molecule has 0 saturated carbocycles. The minimum Gasteiger partial charge on any atom is -0.450 e. The Labute approximate surface area is 222 Å². The predicted octanol–water partition coefficient (Wildman–Crippen LogP) is 6.92. The van der Waals surface area contributed by atoms with Crippen molar-refractivity contribution in [3.05, 3.63) is 91.0 Å². The van der Waals surface area contributed by atoms with E-state index in [1.165, 1.54) is 0 Å². The normalized spacial score (nSPS) is 11.3. The van der Waals surface area contributed by atoms with Crippen LogP contribution in [0.5, 0.6) is 17.2 Å². The van der Waals surface area contributed by atoms with Gasteiger partial charge in [0, 0.05) is 27.2 Å². The zero-order valence-corrected chi connectivity index (χ0v) is 23.1. The van der Waals surface area contributed by atoms with Crippen molar-refractivity contribution in [2.75, 3.05) is 40.4 Å². The fourth-order valence-electron chi connectivity index (χ4n) is 2.84. The molecule has 3 rings (SSSR count). The minimum absolute atomic E-state index is 0.0187. The third-order valence-electron chi connectivity index (χ3n) is 4.70. The first-order valence-corrected chi connectivity index (χ1v) is 13.9. The topological polar surface area (TPSA) is 77.4 Å². The van der Waals surface area contributed by atoms with Gasteiger partial charge in [0.1, 0.15) is 17.2 Å². The molecule has 0 radical (unpaired) electrons. The van der Waals surface area contributed by atoms with Crippen molar-refractivity contribution in [3.8, 4) is 17.2 Å². The number of rotatable bonds is 18. The molecule has 0 spiro atoms. The van der Waals surface area contributed by atoms with Crippen LogP contribution >= 0.6 is 17.6 Å². The van der Waals surface area contributed by atoms with Gasteiger partial charge in [0.25, 0.3) is 0 Å². The summed E-state index contributed by atoms with van der Waals surface area (Å²) in [6, 6.07) is 28.7. The molecule has 0 saturated heterocycles. The molecule has 37 heavy (non-hydrogen) atoms. The summed E-state index contributed by atoms with van der Waals surface area (Å²) in [6.45, 7) is 2.47. The molecule has 3 aromatic carbocycles. The van der Waals surface area contributed by atoms with Gasteiger partial charge < -0.3 is 18.1 Å². The Balaban J connectivity index is 1.28. The lowest BCUT2D eigenvalue weighted by Crippen LogP contribution is -2.18. The van der Waals surface area contributed by atoms with Gasteiger partial charge in [0.15, 0.2) is 0 Å². The first-order valence-electron chi connectivity index (χ1n) is 12.0. The Morgan fingerprint density at radius 1 is 0.649 bits per heavy atom. The molecule has 0 aliphatic rings.